The molecule has 0 bridgehead atoms. The van der Waals surface area contributed by atoms with Gasteiger partial charge in [0.05, 0.1) is 12.5 Å². The lowest BCUT2D eigenvalue weighted by atomic mass is 9.98. The third-order valence-electron chi connectivity index (χ3n) is 2.57. The van der Waals surface area contributed by atoms with Crippen molar-refractivity contribution < 1.29 is 27.5 Å². The van der Waals surface area contributed by atoms with Crippen LogP contribution in [0, 0.1) is 5.92 Å². The van der Waals surface area contributed by atoms with Gasteiger partial charge in [-0.3, -0.25) is 9.59 Å². The summed E-state index contributed by atoms with van der Waals surface area (Å²) in [5, 5.41) is 0. The Morgan fingerprint density at radius 1 is 1.41 bits per heavy atom. The van der Waals surface area contributed by atoms with Crippen LogP contribution in [0.2, 0.25) is 0 Å². The number of likely N-dealkylation sites (tertiary alicyclic amines) is 1. The predicted molar refractivity (Wildman–Crippen MR) is 52.0 cm³/mol. The van der Waals surface area contributed by atoms with E-state index < -0.39 is 24.0 Å². The molecular formula is C10H14F3NO3. The molecule has 7 heteroatoms. The van der Waals surface area contributed by atoms with Gasteiger partial charge in [-0.15, -0.1) is 0 Å². The van der Waals surface area contributed by atoms with E-state index in [4.69, 9.17) is 4.74 Å². The number of hydrogen-bond acceptors (Lipinski definition) is 3. The van der Waals surface area contributed by atoms with Gasteiger partial charge >= 0.3 is 18.1 Å². The Hall–Kier alpha value is -1.27. The second-order valence-electron chi connectivity index (χ2n) is 3.84. The number of amides is 1. The van der Waals surface area contributed by atoms with Crippen LogP contribution in [0.4, 0.5) is 13.2 Å². The molecule has 0 spiro atoms. The number of rotatable bonds is 2. The topological polar surface area (TPSA) is 46.6 Å². The lowest BCUT2D eigenvalue weighted by Crippen LogP contribution is -2.48. The van der Waals surface area contributed by atoms with E-state index in [1.165, 1.54) is 0 Å². The van der Waals surface area contributed by atoms with E-state index in [0.717, 1.165) is 0 Å². The van der Waals surface area contributed by atoms with E-state index in [9.17, 15) is 22.8 Å². The molecule has 1 saturated heterocycles. The normalized spacial score (nSPS) is 21.2. The van der Waals surface area contributed by atoms with Crippen LogP contribution in [0.15, 0.2) is 0 Å². The highest BCUT2D eigenvalue weighted by atomic mass is 19.4. The lowest BCUT2D eigenvalue weighted by molar-refractivity contribution is -0.188. The first-order chi connectivity index (χ1) is 7.86. The summed E-state index contributed by atoms with van der Waals surface area (Å²) in [7, 11) is 0. The van der Waals surface area contributed by atoms with E-state index in [1.54, 1.807) is 6.92 Å². The fourth-order valence-corrected chi connectivity index (χ4v) is 1.79. The molecule has 0 radical (unpaired) electrons. The van der Waals surface area contributed by atoms with Crippen molar-refractivity contribution in [3.8, 4) is 0 Å². The summed E-state index contributed by atoms with van der Waals surface area (Å²) in [5.74, 6) is -3.06. The van der Waals surface area contributed by atoms with E-state index in [0.29, 0.717) is 17.7 Å². The van der Waals surface area contributed by atoms with Gasteiger partial charge in [0.25, 0.3) is 0 Å². The Bertz CT molecular complexity index is 304. The predicted octanol–water partition coefficient (Wildman–Crippen LogP) is 1.35. The molecule has 0 N–H and O–H groups in total. The Morgan fingerprint density at radius 2 is 2.06 bits per heavy atom. The number of halogens is 3. The summed E-state index contributed by atoms with van der Waals surface area (Å²) in [6.45, 7) is 1.63. The standard InChI is InChI=1S/C10H14F3NO3/c1-2-17-8(15)7-4-3-5-14(6-7)9(16)10(11,12)13/h7H,2-6H2,1H3/t7-/m1/s1. The van der Waals surface area contributed by atoms with E-state index in [1.807, 2.05) is 0 Å². The maximum atomic E-state index is 12.2. The third-order valence-corrected chi connectivity index (χ3v) is 2.57. The summed E-state index contributed by atoms with van der Waals surface area (Å²) in [5.41, 5.74) is 0. The van der Waals surface area contributed by atoms with Gasteiger partial charge in [-0.1, -0.05) is 0 Å². The Balaban J connectivity index is 2.61. The van der Waals surface area contributed by atoms with Gasteiger partial charge in [0.15, 0.2) is 0 Å². The number of alkyl halides is 3. The zero-order valence-electron chi connectivity index (χ0n) is 9.42. The zero-order chi connectivity index (χ0) is 13.1. The highest BCUT2D eigenvalue weighted by Crippen LogP contribution is 2.24. The molecule has 0 aromatic carbocycles. The van der Waals surface area contributed by atoms with Crippen LogP contribution in [0.25, 0.3) is 0 Å². The van der Waals surface area contributed by atoms with Crippen LogP contribution < -0.4 is 0 Å². The van der Waals surface area contributed by atoms with Gasteiger partial charge in [0, 0.05) is 13.1 Å². The first kappa shape index (κ1) is 13.8. The van der Waals surface area contributed by atoms with Crippen LogP contribution >= 0.6 is 0 Å². The summed E-state index contributed by atoms with van der Waals surface area (Å²) in [6, 6.07) is 0. The molecule has 1 aliphatic rings. The van der Waals surface area contributed by atoms with Crippen molar-refractivity contribution in [3.63, 3.8) is 0 Å². The van der Waals surface area contributed by atoms with Crippen LogP contribution in [0.5, 0.6) is 0 Å². The number of hydrogen-bond donors (Lipinski definition) is 0. The van der Waals surface area contributed by atoms with Gasteiger partial charge in [0.1, 0.15) is 0 Å². The van der Waals surface area contributed by atoms with Crippen LogP contribution in [0.3, 0.4) is 0 Å². The molecule has 0 saturated carbocycles. The molecule has 0 aromatic heterocycles. The number of ether oxygens (including phenoxy) is 1. The van der Waals surface area contributed by atoms with Gasteiger partial charge in [-0.2, -0.15) is 13.2 Å². The average Bonchev–Trinajstić information content (AvgIpc) is 2.27. The number of carbonyl (C=O) groups excluding carboxylic acids is 2. The van der Waals surface area contributed by atoms with E-state index in [-0.39, 0.29) is 19.7 Å². The molecule has 1 amide bonds. The van der Waals surface area contributed by atoms with Gasteiger partial charge in [-0.05, 0) is 19.8 Å². The van der Waals surface area contributed by atoms with Crippen molar-refractivity contribution in [3.05, 3.63) is 0 Å². The minimum Gasteiger partial charge on any atom is -0.466 e. The second-order valence-corrected chi connectivity index (χ2v) is 3.84. The minimum absolute atomic E-state index is 0.0360. The smallest absolute Gasteiger partial charge is 0.466 e. The van der Waals surface area contributed by atoms with Crippen molar-refractivity contribution in [2.75, 3.05) is 19.7 Å². The van der Waals surface area contributed by atoms with E-state index in [2.05, 4.69) is 0 Å². The number of piperidine rings is 1. The SMILES string of the molecule is CCOC(=O)[C@@H]1CCCN(C(=O)C(F)(F)F)C1. The Labute approximate surface area is 96.7 Å². The van der Waals surface area contributed by atoms with Gasteiger partial charge in [0.2, 0.25) is 0 Å². The molecule has 0 aliphatic carbocycles. The molecule has 1 heterocycles. The van der Waals surface area contributed by atoms with Crippen LogP contribution in [-0.4, -0.2) is 42.6 Å². The summed E-state index contributed by atoms with van der Waals surface area (Å²) in [6.07, 6.45) is -4.04. The fraction of sp³-hybridized carbons (Fsp3) is 0.800. The molecule has 98 valence electrons. The molecule has 0 unspecified atom stereocenters. The number of nitrogens with zero attached hydrogens (tertiary/aromatic N) is 1. The van der Waals surface area contributed by atoms with Crippen LogP contribution in [-0.2, 0) is 14.3 Å². The van der Waals surface area contributed by atoms with E-state index >= 15 is 0 Å². The molecule has 4 nitrogen and oxygen atoms in total. The highest BCUT2D eigenvalue weighted by molar-refractivity contribution is 5.83. The molecule has 1 fully saturated rings. The lowest BCUT2D eigenvalue weighted by Gasteiger charge is -2.31. The van der Waals surface area contributed by atoms with Crippen LogP contribution in [0.1, 0.15) is 19.8 Å². The fourth-order valence-electron chi connectivity index (χ4n) is 1.79. The van der Waals surface area contributed by atoms with Crippen molar-refractivity contribution >= 4 is 11.9 Å². The molecule has 1 rings (SSSR count). The Kier molecular flexibility index (Phi) is 4.36. The molecule has 1 atom stereocenters. The minimum atomic E-state index is -4.88. The average molecular weight is 253 g/mol. The molecule has 1 aliphatic heterocycles. The maximum Gasteiger partial charge on any atom is 0.471 e. The highest BCUT2D eigenvalue weighted by Gasteiger charge is 2.44. The summed E-state index contributed by atoms with van der Waals surface area (Å²) < 4.78 is 41.3. The Morgan fingerprint density at radius 3 is 2.59 bits per heavy atom. The number of esters is 1. The number of carbonyl (C=O) groups is 2. The summed E-state index contributed by atoms with van der Waals surface area (Å²) in [4.78, 5) is 23.0. The second kappa shape index (κ2) is 5.37. The molecular weight excluding hydrogens is 239 g/mol. The van der Waals surface area contributed by atoms with Crippen molar-refractivity contribution in [1.82, 2.24) is 4.90 Å². The summed E-state index contributed by atoms with van der Waals surface area (Å²) >= 11 is 0. The zero-order valence-corrected chi connectivity index (χ0v) is 9.42. The quantitative estimate of drug-likeness (QED) is 0.698. The first-order valence-corrected chi connectivity index (χ1v) is 5.39. The van der Waals surface area contributed by atoms with Gasteiger partial charge in [-0.25, -0.2) is 0 Å². The third kappa shape index (κ3) is 3.61. The van der Waals surface area contributed by atoms with Crippen molar-refractivity contribution in [2.45, 2.75) is 25.9 Å². The maximum absolute atomic E-state index is 12.2. The largest absolute Gasteiger partial charge is 0.471 e. The van der Waals surface area contributed by atoms with Gasteiger partial charge < -0.3 is 9.64 Å². The molecule has 0 aromatic rings. The monoisotopic (exact) mass is 253 g/mol. The first-order valence-electron chi connectivity index (χ1n) is 5.39. The van der Waals surface area contributed by atoms with Crippen molar-refractivity contribution in [1.29, 1.82) is 0 Å². The molecule has 17 heavy (non-hydrogen) atoms. The van der Waals surface area contributed by atoms with Crippen molar-refractivity contribution in [2.24, 2.45) is 5.92 Å².